The molecule has 100 valence electrons. The molecule has 2 heteroatoms. The van der Waals surface area contributed by atoms with Crippen molar-refractivity contribution in [2.45, 2.75) is 46.4 Å². The van der Waals surface area contributed by atoms with Crippen LogP contribution in [0.15, 0.2) is 36.4 Å². The molecule has 0 spiro atoms. The maximum Gasteiger partial charge on any atom is 0.0721 e. The van der Waals surface area contributed by atoms with Gasteiger partial charge < -0.3 is 10.1 Å². The summed E-state index contributed by atoms with van der Waals surface area (Å²) < 4.78 is 5.51. The molecule has 2 nitrogen and oxygen atoms in total. The van der Waals surface area contributed by atoms with Gasteiger partial charge in [-0.1, -0.05) is 36.4 Å². The summed E-state index contributed by atoms with van der Waals surface area (Å²) in [7, 11) is 0. The number of hydrogen-bond donors (Lipinski definition) is 1. The highest BCUT2D eigenvalue weighted by atomic mass is 16.5. The Labute approximate surface area is 111 Å². The molecular weight excluding hydrogens is 222 g/mol. The second-order valence-electron chi connectivity index (χ2n) is 5.50. The van der Waals surface area contributed by atoms with Crippen LogP contribution in [-0.4, -0.2) is 12.1 Å². The first kappa shape index (κ1) is 14.9. The first-order chi connectivity index (χ1) is 8.51. The molecule has 0 bridgehead atoms. The Hall–Kier alpha value is -1.12. The number of nitrogens with one attached hydrogen (secondary N) is 1. The number of benzene rings is 1. The third-order valence-corrected chi connectivity index (χ3v) is 2.56. The maximum absolute atomic E-state index is 5.51. The summed E-state index contributed by atoms with van der Waals surface area (Å²) in [6.07, 6.45) is 4.02. The van der Waals surface area contributed by atoms with Crippen LogP contribution >= 0.6 is 0 Å². The quantitative estimate of drug-likeness (QED) is 0.612. The smallest absolute Gasteiger partial charge is 0.0721 e. The van der Waals surface area contributed by atoms with Crippen molar-refractivity contribution in [2.24, 2.45) is 0 Å². The Morgan fingerprint density at radius 2 is 1.72 bits per heavy atom. The predicted octanol–water partition coefficient (Wildman–Crippen LogP) is 3.67. The fourth-order valence-electron chi connectivity index (χ4n) is 1.46. The van der Waals surface area contributed by atoms with Crippen molar-refractivity contribution in [3.05, 3.63) is 47.5 Å². The molecule has 1 N–H and O–H groups in total. The molecule has 0 saturated heterocycles. The Kier molecular flexibility index (Phi) is 6.10. The average Bonchev–Trinajstić information content (AvgIpc) is 2.33. The molecule has 0 atom stereocenters. The third kappa shape index (κ3) is 6.58. The highest BCUT2D eigenvalue weighted by Gasteiger charge is 2.07. The fraction of sp³-hybridized carbons (Fsp3) is 0.500. The summed E-state index contributed by atoms with van der Waals surface area (Å²) >= 11 is 0. The lowest BCUT2D eigenvalue weighted by Crippen LogP contribution is -2.35. The van der Waals surface area contributed by atoms with Crippen LogP contribution in [0.25, 0.3) is 0 Å². The predicted molar refractivity (Wildman–Crippen MR) is 77.5 cm³/mol. The molecule has 18 heavy (non-hydrogen) atoms. The second kappa shape index (κ2) is 7.34. The van der Waals surface area contributed by atoms with Crippen molar-refractivity contribution in [2.75, 3.05) is 6.61 Å². The zero-order chi connectivity index (χ0) is 13.4. The number of ether oxygens (including phenoxy) is 1. The lowest BCUT2D eigenvalue weighted by atomic mass is 10.1. The number of hydrogen-bond acceptors (Lipinski definition) is 2. The van der Waals surface area contributed by atoms with E-state index in [0.717, 1.165) is 6.54 Å². The van der Waals surface area contributed by atoms with E-state index in [2.05, 4.69) is 50.4 Å². The van der Waals surface area contributed by atoms with Gasteiger partial charge in [-0.15, -0.1) is 0 Å². The van der Waals surface area contributed by atoms with Crippen molar-refractivity contribution in [3.63, 3.8) is 0 Å². The summed E-state index contributed by atoms with van der Waals surface area (Å²) in [5.74, 6) is 0. The molecule has 0 amide bonds. The van der Waals surface area contributed by atoms with Crippen molar-refractivity contribution in [1.82, 2.24) is 5.32 Å². The summed E-state index contributed by atoms with van der Waals surface area (Å²) in [4.78, 5) is 0. The molecule has 1 aromatic rings. The molecule has 0 heterocycles. The van der Waals surface area contributed by atoms with E-state index in [-0.39, 0.29) is 5.54 Å². The van der Waals surface area contributed by atoms with E-state index < -0.39 is 0 Å². The monoisotopic (exact) mass is 247 g/mol. The van der Waals surface area contributed by atoms with Crippen molar-refractivity contribution < 1.29 is 4.74 Å². The van der Waals surface area contributed by atoms with E-state index in [9.17, 15) is 0 Å². The van der Waals surface area contributed by atoms with E-state index in [0.29, 0.717) is 13.2 Å². The van der Waals surface area contributed by atoms with E-state index >= 15 is 0 Å². The van der Waals surface area contributed by atoms with Gasteiger partial charge in [-0.05, 0) is 38.8 Å². The summed E-state index contributed by atoms with van der Waals surface area (Å²) in [5.41, 5.74) is 2.69. The van der Waals surface area contributed by atoms with Crippen LogP contribution in [-0.2, 0) is 17.9 Å². The molecule has 0 aliphatic carbocycles. The van der Waals surface area contributed by atoms with Gasteiger partial charge in [-0.3, -0.25) is 0 Å². The van der Waals surface area contributed by atoms with E-state index in [1.54, 1.807) is 0 Å². The zero-order valence-corrected chi connectivity index (χ0v) is 12.0. The summed E-state index contributed by atoms with van der Waals surface area (Å²) in [6, 6.07) is 8.59. The maximum atomic E-state index is 5.51. The molecule has 0 aromatic heterocycles. The highest BCUT2D eigenvalue weighted by molar-refractivity contribution is 5.22. The Balaban J connectivity index is 2.38. The van der Waals surface area contributed by atoms with Gasteiger partial charge in [-0.2, -0.15) is 0 Å². The largest absolute Gasteiger partial charge is 0.373 e. The van der Waals surface area contributed by atoms with E-state index in [1.165, 1.54) is 11.1 Å². The van der Waals surface area contributed by atoms with E-state index in [1.807, 2.05) is 19.1 Å². The SMILES string of the molecule is C/C=C/COCc1ccc(CNC(C)(C)C)cc1. The molecule has 0 aliphatic heterocycles. The third-order valence-electron chi connectivity index (χ3n) is 2.56. The van der Waals surface area contributed by atoms with Gasteiger partial charge in [0, 0.05) is 12.1 Å². The minimum Gasteiger partial charge on any atom is -0.373 e. The molecular formula is C16H25NO. The first-order valence-corrected chi connectivity index (χ1v) is 6.53. The van der Waals surface area contributed by atoms with Gasteiger partial charge >= 0.3 is 0 Å². The van der Waals surface area contributed by atoms with Crippen molar-refractivity contribution >= 4 is 0 Å². The topological polar surface area (TPSA) is 21.3 Å². The summed E-state index contributed by atoms with van der Waals surface area (Å²) in [6.45, 7) is 10.8. The first-order valence-electron chi connectivity index (χ1n) is 6.53. The van der Waals surface area contributed by atoms with Gasteiger partial charge in [0.25, 0.3) is 0 Å². The Morgan fingerprint density at radius 3 is 2.28 bits per heavy atom. The molecule has 1 rings (SSSR count). The Bertz CT molecular complexity index is 360. The fourth-order valence-corrected chi connectivity index (χ4v) is 1.46. The standard InChI is InChI=1S/C16H25NO/c1-5-6-11-18-13-15-9-7-14(8-10-15)12-17-16(2,3)4/h5-10,17H,11-13H2,1-4H3/b6-5+. The molecule has 0 unspecified atom stereocenters. The number of rotatable bonds is 6. The lowest BCUT2D eigenvalue weighted by Gasteiger charge is -2.20. The van der Waals surface area contributed by atoms with Crippen LogP contribution in [0.2, 0.25) is 0 Å². The van der Waals surface area contributed by atoms with Crippen LogP contribution in [0.1, 0.15) is 38.8 Å². The van der Waals surface area contributed by atoms with Gasteiger partial charge in [0.05, 0.1) is 13.2 Å². The minimum absolute atomic E-state index is 0.161. The minimum atomic E-state index is 0.161. The zero-order valence-electron chi connectivity index (χ0n) is 12.0. The molecule has 0 aliphatic rings. The molecule has 1 aromatic carbocycles. The van der Waals surface area contributed by atoms with E-state index in [4.69, 9.17) is 4.74 Å². The number of allylic oxidation sites excluding steroid dienone is 1. The average molecular weight is 247 g/mol. The van der Waals surface area contributed by atoms with Crippen LogP contribution in [0.3, 0.4) is 0 Å². The Morgan fingerprint density at radius 1 is 1.11 bits per heavy atom. The van der Waals surface area contributed by atoms with Crippen LogP contribution < -0.4 is 5.32 Å². The van der Waals surface area contributed by atoms with Gasteiger partial charge in [0.2, 0.25) is 0 Å². The summed E-state index contributed by atoms with van der Waals surface area (Å²) in [5, 5.41) is 3.48. The normalized spacial score (nSPS) is 12.2. The van der Waals surface area contributed by atoms with Crippen LogP contribution in [0, 0.1) is 0 Å². The van der Waals surface area contributed by atoms with Gasteiger partial charge in [0.15, 0.2) is 0 Å². The van der Waals surface area contributed by atoms with Gasteiger partial charge in [0.1, 0.15) is 0 Å². The lowest BCUT2D eigenvalue weighted by molar-refractivity contribution is 0.148. The second-order valence-corrected chi connectivity index (χ2v) is 5.50. The molecule has 0 radical (unpaired) electrons. The van der Waals surface area contributed by atoms with Gasteiger partial charge in [-0.25, -0.2) is 0 Å². The van der Waals surface area contributed by atoms with Crippen molar-refractivity contribution in [3.8, 4) is 0 Å². The van der Waals surface area contributed by atoms with Crippen LogP contribution in [0.4, 0.5) is 0 Å². The van der Waals surface area contributed by atoms with Crippen LogP contribution in [0.5, 0.6) is 0 Å². The molecule has 0 fully saturated rings. The highest BCUT2D eigenvalue weighted by Crippen LogP contribution is 2.08. The van der Waals surface area contributed by atoms with Crippen molar-refractivity contribution in [1.29, 1.82) is 0 Å². The molecule has 0 saturated carbocycles.